The van der Waals surface area contributed by atoms with E-state index in [9.17, 15) is 0 Å². The van der Waals surface area contributed by atoms with Crippen molar-refractivity contribution in [2.45, 2.75) is 26.7 Å². The zero-order chi connectivity index (χ0) is 21.2. The molecule has 0 spiro atoms. The number of anilines is 1. The topological polar surface area (TPSA) is 37.4 Å². The minimum Gasteiger partial charge on any atom is -0.367 e. The van der Waals surface area contributed by atoms with E-state index in [4.69, 9.17) is 16.6 Å². The number of unbranched alkanes of at least 4 members (excludes halogenated alkanes) is 1. The molecule has 1 aromatic rings. The van der Waals surface area contributed by atoms with Gasteiger partial charge in [-0.05, 0) is 45.0 Å². The van der Waals surface area contributed by atoms with Gasteiger partial charge < -0.3 is 24.9 Å². The molecule has 31 heavy (non-hydrogen) atoms. The van der Waals surface area contributed by atoms with Crippen LogP contribution in [0.5, 0.6) is 0 Å². The number of halogens is 2. The Kier molecular flexibility index (Phi) is 12.3. The first-order valence-corrected chi connectivity index (χ1v) is 12.1. The average molecular weight is 563 g/mol. The van der Waals surface area contributed by atoms with Gasteiger partial charge >= 0.3 is 0 Å². The number of likely N-dealkylation sites (N-methyl/N-ethyl adjacent to an activating group) is 1. The summed E-state index contributed by atoms with van der Waals surface area (Å²) in [5.41, 5.74) is 1.14. The highest BCUT2D eigenvalue weighted by Gasteiger charge is 2.21. The van der Waals surface area contributed by atoms with E-state index in [0.717, 1.165) is 62.4 Å². The molecule has 1 N–H and O–H groups in total. The number of benzene rings is 1. The summed E-state index contributed by atoms with van der Waals surface area (Å²) in [6.07, 6.45) is 2.39. The Balaban J connectivity index is 0.00000341. The molecular formula is C23H40ClIN6. The van der Waals surface area contributed by atoms with Gasteiger partial charge in [0.15, 0.2) is 5.96 Å². The van der Waals surface area contributed by atoms with E-state index in [1.807, 2.05) is 12.1 Å². The number of piperazine rings is 2. The van der Waals surface area contributed by atoms with Gasteiger partial charge in [0.05, 0.1) is 10.7 Å². The molecule has 2 saturated heterocycles. The second kappa shape index (κ2) is 14.4. The van der Waals surface area contributed by atoms with Gasteiger partial charge in [-0.3, -0.25) is 4.99 Å². The molecule has 8 heteroatoms. The minimum absolute atomic E-state index is 0. The summed E-state index contributed by atoms with van der Waals surface area (Å²) >= 11 is 6.38. The van der Waals surface area contributed by atoms with Gasteiger partial charge in [-0.25, -0.2) is 0 Å². The van der Waals surface area contributed by atoms with Crippen molar-refractivity contribution in [2.24, 2.45) is 4.99 Å². The molecule has 0 atom stereocenters. The molecule has 0 bridgehead atoms. The van der Waals surface area contributed by atoms with Crippen molar-refractivity contribution in [1.82, 2.24) is 20.0 Å². The maximum Gasteiger partial charge on any atom is 0.194 e. The monoisotopic (exact) mass is 562 g/mol. The fourth-order valence-electron chi connectivity index (χ4n) is 4.25. The Hall–Kier alpha value is -0.770. The van der Waals surface area contributed by atoms with Crippen molar-refractivity contribution in [2.75, 3.05) is 83.4 Å². The van der Waals surface area contributed by atoms with E-state index >= 15 is 0 Å². The van der Waals surface area contributed by atoms with Crippen LogP contribution in [0.2, 0.25) is 5.02 Å². The molecule has 176 valence electrons. The number of hydrogen-bond acceptors (Lipinski definition) is 4. The lowest BCUT2D eigenvalue weighted by atomic mass is 10.2. The summed E-state index contributed by atoms with van der Waals surface area (Å²) in [6, 6.07) is 8.13. The second-order valence-corrected chi connectivity index (χ2v) is 8.55. The van der Waals surface area contributed by atoms with Gasteiger partial charge in [-0.2, -0.15) is 0 Å². The average Bonchev–Trinajstić information content (AvgIpc) is 2.79. The lowest BCUT2D eigenvalue weighted by Gasteiger charge is -2.38. The summed E-state index contributed by atoms with van der Waals surface area (Å²) in [5.74, 6) is 1.06. The van der Waals surface area contributed by atoms with Crippen molar-refractivity contribution in [3.8, 4) is 0 Å². The smallest absolute Gasteiger partial charge is 0.194 e. The molecule has 0 aromatic heterocycles. The van der Waals surface area contributed by atoms with Crippen LogP contribution in [0.15, 0.2) is 29.3 Å². The summed E-state index contributed by atoms with van der Waals surface area (Å²) in [4.78, 5) is 14.8. The largest absolute Gasteiger partial charge is 0.367 e. The molecule has 2 aliphatic heterocycles. The molecular weight excluding hydrogens is 523 g/mol. The molecule has 0 aliphatic carbocycles. The van der Waals surface area contributed by atoms with Crippen LogP contribution < -0.4 is 10.2 Å². The standard InChI is InChI=1S/C23H39ClN6.HI/c1-3-25-23(26-11-7-8-12-28-15-13-27(4-2)14-16-28)30-19-17-29(18-20-30)22-10-6-5-9-21(22)24;/h5-6,9-10H,3-4,7-8,11-20H2,1-2H3,(H,25,26);1H. The number of hydrogen-bond donors (Lipinski definition) is 1. The highest BCUT2D eigenvalue weighted by molar-refractivity contribution is 14.0. The van der Waals surface area contributed by atoms with Crippen LogP contribution in [-0.2, 0) is 0 Å². The third-order valence-electron chi connectivity index (χ3n) is 6.16. The van der Waals surface area contributed by atoms with Gasteiger partial charge in [-0.15, -0.1) is 24.0 Å². The van der Waals surface area contributed by atoms with Crippen LogP contribution in [0, 0.1) is 0 Å². The third-order valence-corrected chi connectivity index (χ3v) is 6.48. The molecule has 0 unspecified atom stereocenters. The first-order valence-electron chi connectivity index (χ1n) is 11.7. The summed E-state index contributed by atoms with van der Waals surface area (Å²) < 4.78 is 0. The molecule has 2 aliphatic rings. The third kappa shape index (κ3) is 8.26. The maximum atomic E-state index is 6.38. The number of nitrogens with one attached hydrogen (secondary N) is 1. The van der Waals surface area contributed by atoms with Crippen LogP contribution in [0.25, 0.3) is 0 Å². The number of nitrogens with zero attached hydrogens (tertiary/aromatic N) is 5. The van der Waals surface area contributed by atoms with Crippen LogP contribution in [-0.4, -0.2) is 99.2 Å². The minimum atomic E-state index is 0. The molecule has 0 radical (unpaired) electrons. The quantitative estimate of drug-likeness (QED) is 0.227. The predicted molar refractivity (Wildman–Crippen MR) is 144 cm³/mol. The van der Waals surface area contributed by atoms with Crippen LogP contribution in [0.3, 0.4) is 0 Å². The van der Waals surface area contributed by atoms with E-state index in [1.54, 1.807) is 0 Å². The van der Waals surface area contributed by atoms with Crippen molar-refractivity contribution in [3.63, 3.8) is 0 Å². The number of guanidine groups is 1. The second-order valence-electron chi connectivity index (χ2n) is 8.14. The molecule has 3 rings (SSSR count). The normalized spacial score (nSPS) is 18.7. The fourth-order valence-corrected chi connectivity index (χ4v) is 4.51. The van der Waals surface area contributed by atoms with Crippen LogP contribution in [0.4, 0.5) is 5.69 Å². The Bertz CT molecular complexity index is 657. The summed E-state index contributed by atoms with van der Waals surface area (Å²) in [7, 11) is 0. The first kappa shape index (κ1) is 26.5. The van der Waals surface area contributed by atoms with Crippen molar-refractivity contribution < 1.29 is 0 Å². The number of aliphatic imine (C=N–C) groups is 1. The Morgan fingerprint density at radius 3 is 2.26 bits per heavy atom. The Morgan fingerprint density at radius 2 is 1.61 bits per heavy atom. The molecule has 1 aromatic carbocycles. The lowest BCUT2D eigenvalue weighted by Crippen LogP contribution is -2.52. The molecule has 2 heterocycles. The highest BCUT2D eigenvalue weighted by atomic mass is 127. The Morgan fingerprint density at radius 1 is 0.935 bits per heavy atom. The van der Waals surface area contributed by atoms with Crippen molar-refractivity contribution >= 4 is 47.2 Å². The van der Waals surface area contributed by atoms with Crippen molar-refractivity contribution in [1.29, 1.82) is 0 Å². The highest BCUT2D eigenvalue weighted by Crippen LogP contribution is 2.26. The summed E-state index contributed by atoms with van der Waals surface area (Å²) in [5, 5.41) is 4.32. The lowest BCUT2D eigenvalue weighted by molar-refractivity contribution is 0.136. The summed E-state index contributed by atoms with van der Waals surface area (Å²) in [6.45, 7) is 17.4. The van der Waals surface area contributed by atoms with E-state index in [-0.39, 0.29) is 24.0 Å². The van der Waals surface area contributed by atoms with E-state index in [0.29, 0.717) is 0 Å². The van der Waals surface area contributed by atoms with Crippen LogP contribution >= 0.6 is 35.6 Å². The van der Waals surface area contributed by atoms with E-state index in [1.165, 1.54) is 45.7 Å². The van der Waals surface area contributed by atoms with E-state index in [2.05, 4.69) is 50.9 Å². The zero-order valence-corrected chi connectivity index (χ0v) is 22.3. The van der Waals surface area contributed by atoms with Crippen LogP contribution in [0.1, 0.15) is 26.7 Å². The van der Waals surface area contributed by atoms with Gasteiger partial charge in [0.25, 0.3) is 0 Å². The number of rotatable bonds is 8. The molecule has 0 amide bonds. The SMILES string of the molecule is CCNC(=NCCCCN1CCN(CC)CC1)N1CCN(c2ccccc2Cl)CC1.I. The predicted octanol–water partition coefficient (Wildman–Crippen LogP) is 3.46. The van der Waals surface area contributed by atoms with Crippen molar-refractivity contribution in [3.05, 3.63) is 29.3 Å². The van der Waals surface area contributed by atoms with Gasteiger partial charge in [-0.1, -0.05) is 30.7 Å². The molecule has 6 nitrogen and oxygen atoms in total. The first-order chi connectivity index (χ1) is 14.7. The van der Waals surface area contributed by atoms with Gasteiger partial charge in [0.2, 0.25) is 0 Å². The maximum absolute atomic E-state index is 6.38. The van der Waals surface area contributed by atoms with Gasteiger partial charge in [0, 0.05) is 65.4 Å². The zero-order valence-electron chi connectivity index (χ0n) is 19.2. The Labute approximate surface area is 211 Å². The van der Waals surface area contributed by atoms with Gasteiger partial charge in [0.1, 0.15) is 0 Å². The molecule has 2 fully saturated rings. The number of para-hydroxylation sites is 1. The van der Waals surface area contributed by atoms with E-state index < -0.39 is 0 Å². The fraction of sp³-hybridized carbons (Fsp3) is 0.696. The molecule has 0 saturated carbocycles.